The van der Waals surface area contributed by atoms with Crippen molar-refractivity contribution in [2.45, 2.75) is 39.7 Å². The molecule has 3 nitrogen and oxygen atoms in total. The molecule has 1 aromatic carbocycles. The fourth-order valence-electron chi connectivity index (χ4n) is 4.26. The Morgan fingerprint density at radius 2 is 2.24 bits per heavy atom. The SMILES string of the molecule is CC1(C)C2CC=C(CCn3ncc4ccc(N)cc43)C1C2. The van der Waals surface area contributed by atoms with E-state index in [9.17, 15) is 0 Å². The molecule has 110 valence electrons. The summed E-state index contributed by atoms with van der Waals surface area (Å²) in [5.74, 6) is 1.71. The van der Waals surface area contributed by atoms with Crippen molar-refractivity contribution in [2.75, 3.05) is 5.73 Å². The number of anilines is 1. The lowest BCUT2D eigenvalue weighted by Crippen LogP contribution is -2.48. The monoisotopic (exact) mass is 281 g/mol. The van der Waals surface area contributed by atoms with E-state index in [0.29, 0.717) is 5.41 Å². The highest BCUT2D eigenvalue weighted by molar-refractivity contribution is 5.81. The van der Waals surface area contributed by atoms with Crippen LogP contribution in [0.15, 0.2) is 36.0 Å². The molecule has 2 aromatic rings. The first-order valence-electron chi connectivity index (χ1n) is 7.95. The molecule has 0 amide bonds. The summed E-state index contributed by atoms with van der Waals surface area (Å²) >= 11 is 0. The number of hydrogen-bond acceptors (Lipinski definition) is 2. The summed E-state index contributed by atoms with van der Waals surface area (Å²) in [5, 5.41) is 5.70. The average Bonchev–Trinajstić information content (AvgIpc) is 2.87. The third-order valence-corrected chi connectivity index (χ3v) is 5.86. The van der Waals surface area contributed by atoms with Crippen LogP contribution in [0.5, 0.6) is 0 Å². The van der Waals surface area contributed by atoms with Gasteiger partial charge in [-0.15, -0.1) is 0 Å². The Kier molecular flexibility index (Phi) is 2.69. The van der Waals surface area contributed by atoms with Gasteiger partial charge in [0.05, 0.1) is 11.7 Å². The zero-order valence-electron chi connectivity index (χ0n) is 12.8. The molecule has 0 saturated heterocycles. The van der Waals surface area contributed by atoms with E-state index in [4.69, 9.17) is 5.73 Å². The van der Waals surface area contributed by atoms with Gasteiger partial charge in [0, 0.05) is 17.6 Å². The summed E-state index contributed by atoms with van der Waals surface area (Å²) in [6, 6.07) is 6.02. The zero-order chi connectivity index (χ0) is 14.6. The minimum absolute atomic E-state index is 0.515. The molecule has 3 aliphatic carbocycles. The van der Waals surface area contributed by atoms with Crippen LogP contribution in [0.25, 0.3) is 10.9 Å². The van der Waals surface area contributed by atoms with E-state index >= 15 is 0 Å². The van der Waals surface area contributed by atoms with Crippen LogP contribution >= 0.6 is 0 Å². The van der Waals surface area contributed by atoms with E-state index in [1.54, 1.807) is 5.57 Å². The van der Waals surface area contributed by atoms with Gasteiger partial charge in [-0.3, -0.25) is 4.68 Å². The van der Waals surface area contributed by atoms with E-state index in [1.165, 1.54) is 18.2 Å². The highest BCUT2D eigenvalue weighted by atomic mass is 15.3. The van der Waals surface area contributed by atoms with Gasteiger partial charge in [-0.25, -0.2) is 0 Å². The number of fused-ring (bicyclic) bond motifs is 2. The van der Waals surface area contributed by atoms with E-state index in [-0.39, 0.29) is 0 Å². The fraction of sp³-hybridized carbons (Fsp3) is 0.500. The molecule has 2 unspecified atom stereocenters. The van der Waals surface area contributed by atoms with Crippen LogP contribution < -0.4 is 5.73 Å². The third kappa shape index (κ3) is 1.90. The normalized spacial score (nSPS) is 26.5. The molecule has 1 heterocycles. The first kappa shape index (κ1) is 12.9. The fourth-order valence-corrected chi connectivity index (χ4v) is 4.26. The lowest BCUT2D eigenvalue weighted by atomic mass is 9.48. The second-order valence-corrected chi connectivity index (χ2v) is 7.26. The molecule has 5 rings (SSSR count). The predicted octanol–water partition coefficient (Wildman–Crippen LogP) is 4.00. The Bertz CT molecular complexity index is 723. The van der Waals surface area contributed by atoms with Crippen molar-refractivity contribution in [1.29, 1.82) is 0 Å². The minimum atomic E-state index is 0.515. The van der Waals surface area contributed by atoms with Crippen molar-refractivity contribution in [2.24, 2.45) is 17.3 Å². The molecule has 2 atom stereocenters. The van der Waals surface area contributed by atoms with Gasteiger partial charge in [-0.1, -0.05) is 25.5 Å². The van der Waals surface area contributed by atoms with Gasteiger partial charge < -0.3 is 5.73 Å². The summed E-state index contributed by atoms with van der Waals surface area (Å²) in [7, 11) is 0. The van der Waals surface area contributed by atoms with Crippen LogP contribution in [0.4, 0.5) is 5.69 Å². The predicted molar refractivity (Wildman–Crippen MR) is 86.8 cm³/mol. The lowest BCUT2D eigenvalue weighted by Gasteiger charge is -2.56. The van der Waals surface area contributed by atoms with Crippen molar-refractivity contribution in [1.82, 2.24) is 9.78 Å². The van der Waals surface area contributed by atoms with E-state index < -0.39 is 0 Å². The van der Waals surface area contributed by atoms with Crippen LogP contribution in [0.1, 0.15) is 33.1 Å². The number of benzene rings is 1. The lowest BCUT2D eigenvalue weighted by molar-refractivity contribution is -0.00858. The molecule has 2 N–H and O–H groups in total. The van der Waals surface area contributed by atoms with Crippen LogP contribution in [0, 0.1) is 17.3 Å². The first-order valence-corrected chi connectivity index (χ1v) is 7.95. The second kappa shape index (κ2) is 4.36. The number of nitrogens with two attached hydrogens (primary N) is 1. The van der Waals surface area contributed by atoms with Gasteiger partial charge in [0.1, 0.15) is 0 Å². The standard InChI is InChI=1S/C18H23N3/c1-18(2)14-5-3-12(16(18)9-14)7-8-21-17-10-15(19)6-4-13(17)11-20-21/h3-4,6,10-11,14,16H,5,7-9,19H2,1-2H3. The van der Waals surface area contributed by atoms with Gasteiger partial charge in [-0.2, -0.15) is 5.10 Å². The molecule has 21 heavy (non-hydrogen) atoms. The van der Waals surface area contributed by atoms with E-state index in [0.717, 1.165) is 36.0 Å². The van der Waals surface area contributed by atoms with Gasteiger partial charge in [-0.05, 0) is 54.7 Å². The molecule has 0 spiro atoms. The summed E-state index contributed by atoms with van der Waals surface area (Å²) in [6.07, 6.45) is 8.21. The van der Waals surface area contributed by atoms with Crippen LogP contribution in [0.2, 0.25) is 0 Å². The van der Waals surface area contributed by atoms with E-state index in [2.05, 4.69) is 29.7 Å². The quantitative estimate of drug-likeness (QED) is 0.682. The third-order valence-electron chi connectivity index (χ3n) is 5.86. The maximum absolute atomic E-state index is 5.90. The number of nitrogen functional groups attached to an aromatic ring is 1. The Labute approximate surface area is 125 Å². The zero-order valence-corrected chi connectivity index (χ0v) is 12.8. The number of allylic oxidation sites excluding steroid dienone is 2. The Hall–Kier alpha value is -1.77. The van der Waals surface area contributed by atoms with Crippen molar-refractivity contribution >= 4 is 16.6 Å². The van der Waals surface area contributed by atoms with Crippen LogP contribution in [0.3, 0.4) is 0 Å². The van der Waals surface area contributed by atoms with Gasteiger partial charge >= 0.3 is 0 Å². The molecule has 1 fully saturated rings. The molecule has 1 saturated carbocycles. The van der Waals surface area contributed by atoms with E-state index in [1.807, 2.05) is 24.4 Å². The van der Waals surface area contributed by atoms with Crippen LogP contribution in [-0.4, -0.2) is 9.78 Å². The number of hydrogen-bond donors (Lipinski definition) is 1. The Balaban J connectivity index is 1.54. The topological polar surface area (TPSA) is 43.8 Å². The Morgan fingerprint density at radius 1 is 1.38 bits per heavy atom. The van der Waals surface area contributed by atoms with Crippen molar-refractivity contribution < 1.29 is 0 Å². The smallest absolute Gasteiger partial charge is 0.0702 e. The van der Waals surface area contributed by atoms with Crippen molar-refractivity contribution in [3.8, 4) is 0 Å². The summed E-state index contributed by atoms with van der Waals surface area (Å²) in [5.41, 5.74) is 10.0. The van der Waals surface area contributed by atoms with Crippen molar-refractivity contribution in [3.05, 3.63) is 36.0 Å². The molecule has 0 radical (unpaired) electrons. The molecular formula is C18H23N3. The maximum atomic E-state index is 5.90. The number of aromatic nitrogens is 2. The highest BCUT2D eigenvalue weighted by Gasteiger charge is 2.50. The summed E-state index contributed by atoms with van der Waals surface area (Å²) in [6.45, 7) is 5.82. The molecule has 0 aliphatic heterocycles. The molecule has 2 bridgehead atoms. The summed E-state index contributed by atoms with van der Waals surface area (Å²) < 4.78 is 2.10. The van der Waals surface area contributed by atoms with Gasteiger partial charge in [0.2, 0.25) is 0 Å². The molecular weight excluding hydrogens is 258 g/mol. The number of aryl methyl sites for hydroxylation is 1. The first-order chi connectivity index (χ1) is 10.1. The van der Waals surface area contributed by atoms with Crippen molar-refractivity contribution in [3.63, 3.8) is 0 Å². The van der Waals surface area contributed by atoms with Gasteiger partial charge in [0.15, 0.2) is 0 Å². The number of nitrogens with zero attached hydrogens (tertiary/aromatic N) is 2. The van der Waals surface area contributed by atoms with Gasteiger partial charge in [0.25, 0.3) is 0 Å². The number of rotatable bonds is 3. The molecule has 1 aromatic heterocycles. The summed E-state index contributed by atoms with van der Waals surface area (Å²) in [4.78, 5) is 0. The molecule has 3 aliphatic rings. The van der Waals surface area contributed by atoms with Crippen LogP contribution in [-0.2, 0) is 6.54 Å². The minimum Gasteiger partial charge on any atom is -0.399 e. The highest BCUT2D eigenvalue weighted by Crippen LogP contribution is 2.59. The maximum Gasteiger partial charge on any atom is 0.0702 e. The largest absolute Gasteiger partial charge is 0.399 e. The molecule has 3 heteroatoms. The Morgan fingerprint density at radius 3 is 3.00 bits per heavy atom. The average molecular weight is 281 g/mol. The second-order valence-electron chi connectivity index (χ2n) is 7.26.